The number of halogens is 1. The van der Waals surface area contributed by atoms with Gasteiger partial charge in [-0.3, -0.25) is 4.90 Å². The van der Waals surface area contributed by atoms with Crippen molar-refractivity contribution in [2.45, 2.75) is 29.2 Å². The van der Waals surface area contributed by atoms with Crippen LogP contribution in [0.25, 0.3) is 0 Å². The Bertz CT molecular complexity index is 725. The van der Waals surface area contributed by atoms with Crippen molar-refractivity contribution in [2.24, 2.45) is 0 Å². The lowest BCUT2D eigenvalue weighted by Crippen LogP contribution is -2.45. The smallest absolute Gasteiger partial charge is 0.0409 e. The van der Waals surface area contributed by atoms with Gasteiger partial charge in [0.15, 0.2) is 0 Å². The van der Waals surface area contributed by atoms with E-state index < -0.39 is 0 Å². The first-order valence-electron chi connectivity index (χ1n) is 8.23. The molecule has 0 bridgehead atoms. The monoisotopic (exact) mass is 344 g/mol. The average Bonchev–Trinajstić information content (AvgIpc) is 2.73. The topological polar surface area (TPSA) is 15.3 Å². The van der Waals surface area contributed by atoms with Crippen molar-refractivity contribution in [2.75, 3.05) is 26.2 Å². The predicted molar refractivity (Wildman–Crippen MR) is 97.6 cm³/mol. The normalized spacial score (nSPS) is 21.4. The summed E-state index contributed by atoms with van der Waals surface area (Å²) in [7, 11) is 0. The van der Waals surface area contributed by atoms with E-state index in [9.17, 15) is 0 Å². The second-order valence-electron chi connectivity index (χ2n) is 6.35. The maximum atomic E-state index is 6.27. The summed E-state index contributed by atoms with van der Waals surface area (Å²) in [6.07, 6.45) is 1.04. The van der Waals surface area contributed by atoms with Gasteiger partial charge in [-0.25, -0.2) is 0 Å². The molecule has 2 heterocycles. The Morgan fingerprint density at radius 3 is 2.83 bits per heavy atom. The molecule has 0 radical (unpaired) electrons. The lowest BCUT2D eigenvalue weighted by Gasteiger charge is -2.35. The highest BCUT2D eigenvalue weighted by Gasteiger charge is 2.29. The summed E-state index contributed by atoms with van der Waals surface area (Å²) in [5.41, 5.74) is 4.22. The third-order valence-corrected chi connectivity index (χ3v) is 6.46. The minimum absolute atomic E-state index is 0.444. The van der Waals surface area contributed by atoms with Gasteiger partial charge in [0.1, 0.15) is 0 Å². The molecule has 2 aliphatic rings. The average molecular weight is 345 g/mol. The number of benzene rings is 2. The highest BCUT2D eigenvalue weighted by molar-refractivity contribution is 7.99. The first-order chi connectivity index (χ1) is 11.2. The third kappa shape index (κ3) is 3.03. The van der Waals surface area contributed by atoms with Crippen LogP contribution in [0.4, 0.5) is 0 Å². The second kappa shape index (κ2) is 6.48. The summed E-state index contributed by atoms with van der Waals surface area (Å²) < 4.78 is 0. The summed E-state index contributed by atoms with van der Waals surface area (Å²) in [4.78, 5) is 5.41. The Hall–Kier alpha value is -1.00. The van der Waals surface area contributed by atoms with Crippen molar-refractivity contribution in [1.82, 2.24) is 10.2 Å². The van der Waals surface area contributed by atoms with Gasteiger partial charge in [-0.2, -0.15) is 0 Å². The standard InChI is InChI=1S/C19H21ClN2S/c1-13-3-2-4-16-17(22-9-7-21-8-10-22)12-14-11-15(20)5-6-18(14)23-19(13)16/h2-6,11,17,21H,7-10,12H2,1H3/t17-/m1/s1. The van der Waals surface area contributed by atoms with Gasteiger partial charge in [0.2, 0.25) is 0 Å². The van der Waals surface area contributed by atoms with Gasteiger partial charge in [0.05, 0.1) is 0 Å². The maximum Gasteiger partial charge on any atom is 0.0409 e. The molecular formula is C19H21ClN2S. The number of fused-ring (bicyclic) bond motifs is 2. The third-order valence-electron chi connectivity index (χ3n) is 4.84. The van der Waals surface area contributed by atoms with Crippen LogP contribution in [0.15, 0.2) is 46.2 Å². The maximum absolute atomic E-state index is 6.27. The van der Waals surface area contributed by atoms with Crippen molar-refractivity contribution in [3.8, 4) is 0 Å². The largest absolute Gasteiger partial charge is 0.314 e. The number of rotatable bonds is 1. The van der Waals surface area contributed by atoms with E-state index in [-0.39, 0.29) is 0 Å². The van der Waals surface area contributed by atoms with E-state index in [0.717, 1.165) is 37.6 Å². The first kappa shape index (κ1) is 15.5. The molecule has 2 aliphatic heterocycles. The lowest BCUT2D eigenvalue weighted by atomic mass is 9.95. The van der Waals surface area contributed by atoms with Gasteiger partial charge in [0.25, 0.3) is 0 Å². The quantitative estimate of drug-likeness (QED) is 0.830. The predicted octanol–water partition coefficient (Wildman–Crippen LogP) is 4.30. The zero-order chi connectivity index (χ0) is 15.8. The molecule has 1 saturated heterocycles. The molecule has 1 fully saturated rings. The summed E-state index contributed by atoms with van der Waals surface area (Å²) in [6.45, 7) is 6.60. The van der Waals surface area contributed by atoms with Crippen LogP contribution in [0.1, 0.15) is 22.7 Å². The van der Waals surface area contributed by atoms with Gasteiger partial charge in [0, 0.05) is 47.0 Å². The van der Waals surface area contributed by atoms with Crippen molar-refractivity contribution in [3.05, 3.63) is 58.1 Å². The molecule has 2 aromatic rings. The van der Waals surface area contributed by atoms with Crippen LogP contribution in [0.2, 0.25) is 5.02 Å². The van der Waals surface area contributed by atoms with Crippen LogP contribution in [0.3, 0.4) is 0 Å². The van der Waals surface area contributed by atoms with E-state index in [1.165, 1.54) is 26.5 Å². The first-order valence-corrected chi connectivity index (χ1v) is 9.42. The Balaban J connectivity index is 1.82. The van der Waals surface area contributed by atoms with E-state index >= 15 is 0 Å². The van der Waals surface area contributed by atoms with Crippen LogP contribution in [-0.2, 0) is 6.42 Å². The van der Waals surface area contributed by atoms with Gasteiger partial charge in [-0.1, -0.05) is 41.6 Å². The molecule has 0 unspecified atom stereocenters. The number of hydrogen-bond donors (Lipinski definition) is 1. The van der Waals surface area contributed by atoms with Gasteiger partial charge < -0.3 is 5.32 Å². The highest BCUT2D eigenvalue weighted by atomic mass is 35.5. The fraction of sp³-hybridized carbons (Fsp3) is 0.368. The summed E-state index contributed by atoms with van der Waals surface area (Å²) >= 11 is 8.18. The van der Waals surface area contributed by atoms with Crippen LogP contribution in [-0.4, -0.2) is 31.1 Å². The molecule has 4 rings (SSSR count). The van der Waals surface area contributed by atoms with Crippen molar-refractivity contribution < 1.29 is 0 Å². The molecule has 2 aromatic carbocycles. The van der Waals surface area contributed by atoms with Crippen molar-refractivity contribution in [3.63, 3.8) is 0 Å². The summed E-state index contributed by atoms with van der Waals surface area (Å²) in [5, 5.41) is 4.30. The number of nitrogens with one attached hydrogen (secondary N) is 1. The molecule has 0 saturated carbocycles. The van der Waals surface area contributed by atoms with E-state index in [2.05, 4.69) is 47.5 Å². The minimum atomic E-state index is 0.444. The van der Waals surface area contributed by atoms with Crippen molar-refractivity contribution in [1.29, 1.82) is 0 Å². The van der Waals surface area contributed by atoms with E-state index in [1.54, 1.807) is 0 Å². The Morgan fingerprint density at radius 1 is 1.17 bits per heavy atom. The van der Waals surface area contributed by atoms with E-state index in [4.69, 9.17) is 11.6 Å². The molecule has 1 N–H and O–H groups in total. The SMILES string of the molecule is Cc1cccc2c1Sc1ccc(Cl)cc1C[C@H]2N1CCNCC1. The Kier molecular flexibility index (Phi) is 4.37. The number of aryl methyl sites for hydroxylation is 1. The molecule has 0 aromatic heterocycles. The second-order valence-corrected chi connectivity index (χ2v) is 7.84. The van der Waals surface area contributed by atoms with Crippen LogP contribution in [0.5, 0.6) is 0 Å². The molecule has 4 heteroatoms. The number of nitrogens with zero attached hydrogens (tertiary/aromatic N) is 1. The summed E-state index contributed by atoms with van der Waals surface area (Å²) in [6, 6.07) is 13.5. The van der Waals surface area contributed by atoms with Gasteiger partial charge >= 0.3 is 0 Å². The molecule has 23 heavy (non-hydrogen) atoms. The van der Waals surface area contributed by atoms with Gasteiger partial charge in [-0.15, -0.1) is 0 Å². The fourth-order valence-electron chi connectivity index (χ4n) is 3.63. The Labute approximate surface area is 147 Å². The van der Waals surface area contributed by atoms with Crippen LogP contribution < -0.4 is 5.32 Å². The molecule has 0 amide bonds. The molecule has 1 atom stereocenters. The van der Waals surface area contributed by atoms with E-state index in [1.807, 2.05) is 17.8 Å². The van der Waals surface area contributed by atoms with E-state index in [0.29, 0.717) is 6.04 Å². The number of piperazine rings is 1. The van der Waals surface area contributed by atoms with Crippen LogP contribution in [0, 0.1) is 6.92 Å². The molecule has 0 aliphatic carbocycles. The van der Waals surface area contributed by atoms with Crippen LogP contribution >= 0.6 is 23.4 Å². The molecular weight excluding hydrogens is 324 g/mol. The zero-order valence-electron chi connectivity index (χ0n) is 13.3. The molecule has 0 spiro atoms. The van der Waals surface area contributed by atoms with Crippen molar-refractivity contribution >= 4 is 23.4 Å². The number of hydrogen-bond acceptors (Lipinski definition) is 3. The lowest BCUT2D eigenvalue weighted by molar-refractivity contribution is 0.170. The zero-order valence-corrected chi connectivity index (χ0v) is 14.9. The van der Waals surface area contributed by atoms with Gasteiger partial charge in [-0.05, 0) is 48.2 Å². The highest BCUT2D eigenvalue weighted by Crippen LogP contribution is 2.44. The Morgan fingerprint density at radius 2 is 2.00 bits per heavy atom. The fourth-order valence-corrected chi connectivity index (χ4v) is 5.01. The summed E-state index contributed by atoms with van der Waals surface area (Å²) in [5.74, 6) is 0. The molecule has 120 valence electrons. The minimum Gasteiger partial charge on any atom is -0.314 e. The molecule has 2 nitrogen and oxygen atoms in total.